The Morgan fingerprint density at radius 2 is 1.45 bits per heavy atom. The van der Waals surface area contributed by atoms with Gasteiger partial charge in [0, 0.05) is 19.1 Å². The highest BCUT2D eigenvalue weighted by Crippen LogP contribution is 2.14. The van der Waals surface area contributed by atoms with Crippen LogP contribution in [0.1, 0.15) is 36.6 Å². The molecule has 2 aromatic carbocycles. The maximum atomic E-state index is 5.88. The van der Waals surface area contributed by atoms with E-state index in [-0.39, 0.29) is 6.04 Å². The lowest BCUT2D eigenvalue weighted by Crippen LogP contribution is -2.22. The molecular formula is C18H24N2. The lowest BCUT2D eigenvalue weighted by Gasteiger charge is -2.21. The van der Waals surface area contributed by atoms with E-state index in [1.807, 2.05) is 6.92 Å². The fourth-order valence-corrected chi connectivity index (χ4v) is 2.31. The summed E-state index contributed by atoms with van der Waals surface area (Å²) < 4.78 is 0. The Kier molecular flexibility index (Phi) is 5.33. The zero-order valence-corrected chi connectivity index (χ0v) is 12.4. The van der Waals surface area contributed by atoms with E-state index in [0.717, 1.165) is 19.6 Å². The molecule has 0 saturated heterocycles. The molecule has 0 fully saturated rings. The van der Waals surface area contributed by atoms with Crippen LogP contribution in [0.2, 0.25) is 0 Å². The zero-order chi connectivity index (χ0) is 14.4. The van der Waals surface area contributed by atoms with E-state index >= 15 is 0 Å². The van der Waals surface area contributed by atoms with Crippen LogP contribution in [0.25, 0.3) is 0 Å². The second kappa shape index (κ2) is 7.22. The van der Waals surface area contributed by atoms with Crippen molar-refractivity contribution in [2.24, 2.45) is 5.73 Å². The van der Waals surface area contributed by atoms with Crippen molar-refractivity contribution in [3.05, 3.63) is 71.3 Å². The average Bonchev–Trinajstić information content (AvgIpc) is 2.48. The molecule has 2 nitrogen and oxygen atoms in total. The lowest BCUT2D eigenvalue weighted by atomic mass is 10.1. The van der Waals surface area contributed by atoms with Gasteiger partial charge in [-0.05, 0) is 30.2 Å². The highest BCUT2D eigenvalue weighted by molar-refractivity contribution is 5.24. The molecule has 20 heavy (non-hydrogen) atoms. The molecule has 2 heteroatoms. The summed E-state index contributed by atoms with van der Waals surface area (Å²) in [5, 5.41) is 0. The second-order valence-electron chi connectivity index (χ2n) is 5.32. The molecule has 1 unspecified atom stereocenters. The predicted octanol–water partition coefficient (Wildman–Crippen LogP) is 3.73. The van der Waals surface area contributed by atoms with Gasteiger partial charge in [0.25, 0.3) is 0 Å². The molecule has 0 amide bonds. The smallest absolute Gasteiger partial charge is 0.0266 e. The van der Waals surface area contributed by atoms with Crippen LogP contribution in [0.5, 0.6) is 0 Å². The fourth-order valence-electron chi connectivity index (χ4n) is 2.31. The van der Waals surface area contributed by atoms with Gasteiger partial charge in [0.05, 0.1) is 0 Å². The maximum absolute atomic E-state index is 5.88. The minimum absolute atomic E-state index is 0.107. The van der Waals surface area contributed by atoms with Crippen LogP contribution >= 0.6 is 0 Å². The van der Waals surface area contributed by atoms with Gasteiger partial charge < -0.3 is 5.73 Å². The molecular weight excluding hydrogens is 244 g/mol. The quantitative estimate of drug-likeness (QED) is 0.865. The number of benzene rings is 2. The van der Waals surface area contributed by atoms with Gasteiger partial charge in [0.2, 0.25) is 0 Å². The molecule has 0 bridgehead atoms. The Morgan fingerprint density at radius 3 is 1.95 bits per heavy atom. The van der Waals surface area contributed by atoms with Gasteiger partial charge >= 0.3 is 0 Å². The van der Waals surface area contributed by atoms with E-state index in [9.17, 15) is 0 Å². The number of nitrogens with two attached hydrogens (primary N) is 1. The Hall–Kier alpha value is -1.64. The summed E-state index contributed by atoms with van der Waals surface area (Å²) in [5.41, 5.74) is 9.78. The largest absolute Gasteiger partial charge is 0.324 e. The fraction of sp³-hybridized carbons (Fsp3) is 0.333. The summed E-state index contributed by atoms with van der Waals surface area (Å²) in [6.45, 7) is 7.24. The number of nitrogens with zero attached hydrogens (tertiary/aromatic N) is 1. The maximum Gasteiger partial charge on any atom is 0.0266 e. The van der Waals surface area contributed by atoms with E-state index in [1.165, 1.54) is 16.7 Å². The van der Waals surface area contributed by atoms with Gasteiger partial charge in [0.1, 0.15) is 0 Å². The highest BCUT2D eigenvalue weighted by Gasteiger charge is 2.05. The van der Waals surface area contributed by atoms with Gasteiger partial charge in [-0.1, -0.05) is 61.5 Å². The highest BCUT2D eigenvalue weighted by atomic mass is 15.1. The molecule has 2 rings (SSSR count). The first-order valence-corrected chi connectivity index (χ1v) is 7.29. The van der Waals surface area contributed by atoms with Gasteiger partial charge in [-0.3, -0.25) is 4.90 Å². The first kappa shape index (κ1) is 14.8. The summed E-state index contributed by atoms with van der Waals surface area (Å²) in [4.78, 5) is 2.44. The molecule has 1 atom stereocenters. The number of hydrogen-bond donors (Lipinski definition) is 1. The molecule has 2 N–H and O–H groups in total. The first-order chi connectivity index (χ1) is 9.69. The van der Waals surface area contributed by atoms with Crippen LogP contribution in [0.3, 0.4) is 0 Å². The Morgan fingerprint density at radius 1 is 0.900 bits per heavy atom. The minimum Gasteiger partial charge on any atom is -0.324 e. The Labute approximate surface area is 122 Å². The van der Waals surface area contributed by atoms with Crippen LogP contribution < -0.4 is 5.73 Å². The summed E-state index contributed by atoms with van der Waals surface area (Å²) in [6, 6.07) is 19.4. The molecule has 2 aromatic rings. The molecule has 0 spiro atoms. The van der Waals surface area contributed by atoms with Crippen molar-refractivity contribution >= 4 is 0 Å². The summed E-state index contributed by atoms with van der Waals surface area (Å²) >= 11 is 0. The SMILES string of the molecule is CCN(Cc1ccccc1)Cc1ccc(C(C)N)cc1. The number of hydrogen-bond acceptors (Lipinski definition) is 2. The van der Waals surface area contributed by atoms with Crippen molar-refractivity contribution in [1.82, 2.24) is 4.90 Å². The monoisotopic (exact) mass is 268 g/mol. The molecule has 0 aliphatic rings. The van der Waals surface area contributed by atoms with Crippen molar-refractivity contribution < 1.29 is 0 Å². The third-order valence-corrected chi connectivity index (χ3v) is 3.61. The molecule has 0 heterocycles. The summed E-state index contributed by atoms with van der Waals surface area (Å²) in [6.07, 6.45) is 0. The van der Waals surface area contributed by atoms with Crippen molar-refractivity contribution in [3.63, 3.8) is 0 Å². The topological polar surface area (TPSA) is 29.3 Å². The standard InChI is InChI=1S/C18H24N2/c1-3-20(13-16-7-5-4-6-8-16)14-17-9-11-18(12-10-17)15(2)19/h4-12,15H,3,13-14,19H2,1-2H3. The van der Waals surface area contributed by atoms with Gasteiger partial charge in [-0.25, -0.2) is 0 Å². The number of rotatable bonds is 6. The van der Waals surface area contributed by atoms with Gasteiger partial charge in [-0.15, -0.1) is 0 Å². The molecule has 0 aliphatic heterocycles. The van der Waals surface area contributed by atoms with Gasteiger partial charge in [-0.2, -0.15) is 0 Å². The Balaban J connectivity index is 1.99. The average molecular weight is 268 g/mol. The second-order valence-corrected chi connectivity index (χ2v) is 5.32. The van der Waals surface area contributed by atoms with Crippen molar-refractivity contribution in [2.75, 3.05) is 6.54 Å². The van der Waals surface area contributed by atoms with Gasteiger partial charge in [0.15, 0.2) is 0 Å². The molecule has 0 aromatic heterocycles. The van der Waals surface area contributed by atoms with E-state index < -0.39 is 0 Å². The van der Waals surface area contributed by atoms with Crippen LogP contribution in [-0.4, -0.2) is 11.4 Å². The van der Waals surface area contributed by atoms with E-state index in [1.54, 1.807) is 0 Å². The third kappa shape index (κ3) is 4.19. The van der Waals surface area contributed by atoms with Crippen molar-refractivity contribution in [2.45, 2.75) is 33.0 Å². The van der Waals surface area contributed by atoms with Crippen LogP contribution in [0.15, 0.2) is 54.6 Å². The van der Waals surface area contributed by atoms with Crippen molar-refractivity contribution in [1.29, 1.82) is 0 Å². The first-order valence-electron chi connectivity index (χ1n) is 7.29. The summed E-state index contributed by atoms with van der Waals surface area (Å²) in [7, 11) is 0. The minimum atomic E-state index is 0.107. The van der Waals surface area contributed by atoms with E-state index in [4.69, 9.17) is 5.73 Å². The molecule has 106 valence electrons. The van der Waals surface area contributed by atoms with Crippen LogP contribution in [0, 0.1) is 0 Å². The molecule has 0 saturated carbocycles. The van der Waals surface area contributed by atoms with Crippen molar-refractivity contribution in [3.8, 4) is 0 Å². The van der Waals surface area contributed by atoms with E-state index in [2.05, 4.69) is 66.4 Å². The Bertz CT molecular complexity index is 503. The molecule has 0 aliphatic carbocycles. The normalized spacial score (nSPS) is 12.6. The predicted molar refractivity (Wildman–Crippen MR) is 85.3 cm³/mol. The molecule has 0 radical (unpaired) electrons. The lowest BCUT2D eigenvalue weighted by molar-refractivity contribution is 0.271. The summed E-state index contributed by atoms with van der Waals surface area (Å²) in [5.74, 6) is 0. The third-order valence-electron chi connectivity index (χ3n) is 3.61. The van der Waals surface area contributed by atoms with Crippen LogP contribution in [0.4, 0.5) is 0 Å². The zero-order valence-electron chi connectivity index (χ0n) is 12.4. The van der Waals surface area contributed by atoms with E-state index in [0.29, 0.717) is 0 Å². The van der Waals surface area contributed by atoms with Crippen LogP contribution in [-0.2, 0) is 13.1 Å².